The van der Waals surface area contributed by atoms with E-state index >= 15 is 0 Å². The first-order valence-corrected chi connectivity index (χ1v) is 7.66. The van der Waals surface area contributed by atoms with Crippen LogP contribution >= 0.6 is 0 Å². The highest BCUT2D eigenvalue weighted by molar-refractivity contribution is 5.57. The number of fused-ring (bicyclic) bond motifs is 1. The minimum absolute atomic E-state index is 0.449. The van der Waals surface area contributed by atoms with Gasteiger partial charge in [0.2, 0.25) is 0 Å². The highest BCUT2D eigenvalue weighted by Crippen LogP contribution is 2.26. The van der Waals surface area contributed by atoms with Crippen molar-refractivity contribution in [3.63, 3.8) is 0 Å². The number of rotatable bonds is 4. The summed E-state index contributed by atoms with van der Waals surface area (Å²) in [5.74, 6) is 1.90. The van der Waals surface area contributed by atoms with Crippen LogP contribution in [0.5, 0.6) is 0 Å². The van der Waals surface area contributed by atoms with Crippen molar-refractivity contribution in [3.8, 4) is 0 Å². The standard InChI is InChI=1S/C17H22N4/c1-3-15-16(18-2)19-11-20-17(15)21-14-9-8-12-6-4-5-7-13(12)10-14/h4-7,11,14H,3,8-10H2,1-2H3,(H2,18,19,20,21). The fourth-order valence-corrected chi connectivity index (χ4v) is 3.10. The van der Waals surface area contributed by atoms with E-state index in [2.05, 4.69) is 51.8 Å². The predicted octanol–water partition coefficient (Wildman–Crippen LogP) is 3.05. The number of nitrogens with one attached hydrogen (secondary N) is 2. The van der Waals surface area contributed by atoms with Crippen molar-refractivity contribution >= 4 is 11.6 Å². The van der Waals surface area contributed by atoms with Gasteiger partial charge in [0, 0.05) is 18.7 Å². The van der Waals surface area contributed by atoms with E-state index in [-0.39, 0.29) is 0 Å². The van der Waals surface area contributed by atoms with Crippen LogP contribution in [0.15, 0.2) is 30.6 Å². The van der Waals surface area contributed by atoms with Crippen molar-refractivity contribution in [2.24, 2.45) is 0 Å². The second-order valence-electron chi connectivity index (χ2n) is 5.51. The molecule has 1 atom stereocenters. The normalized spacial score (nSPS) is 17.1. The quantitative estimate of drug-likeness (QED) is 0.905. The Kier molecular flexibility index (Phi) is 4.04. The maximum atomic E-state index is 4.45. The molecule has 4 heteroatoms. The van der Waals surface area contributed by atoms with E-state index in [9.17, 15) is 0 Å². The van der Waals surface area contributed by atoms with Crippen LogP contribution < -0.4 is 10.6 Å². The zero-order valence-electron chi connectivity index (χ0n) is 12.7. The number of anilines is 2. The van der Waals surface area contributed by atoms with Crippen LogP contribution in [0.2, 0.25) is 0 Å². The third-order valence-electron chi connectivity index (χ3n) is 4.22. The maximum absolute atomic E-state index is 4.45. The minimum Gasteiger partial charge on any atom is -0.373 e. The summed E-state index contributed by atoms with van der Waals surface area (Å²) >= 11 is 0. The van der Waals surface area contributed by atoms with Gasteiger partial charge in [-0.25, -0.2) is 9.97 Å². The molecule has 4 nitrogen and oxygen atoms in total. The zero-order chi connectivity index (χ0) is 14.7. The highest BCUT2D eigenvalue weighted by atomic mass is 15.1. The third kappa shape index (κ3) is 2.84. The molecule has 2 aromatic rings. The van der Waals surface area contributed by atoms with E-state index in [1.54, 1.807) is 6.33 Å². The summed E-state index contributed by atoms with van der Waals surface area (Å²) in [7, 11) is 1.90. The van der Waals surface area contributed by atoms with Gasteiger partial charge in [-0.15, -0.1) is 0 Å². The fraction of sp³-hybridized carbons (Fsp3) is 0.412. The minimum atomic E-state index is 0.449. The van der Waals surface area contributed by atoms with E-state index in [1.165, 1.54) is 16.7 Å². The van der Waals surface area contributed by atoms with Gasteiger partial charge in [0.25, 0.3) is 0 Å². The Morgan fingerprint density at radius 3 is 2.67 bits per heavy atom. The van der Waals surface area contributed by atoms with Crippen LogP contribution in [0.25, 0.3) is 0 Å². The molecule has 0 amide bonds. The number of hydrogen-bond donors (Lipinski definition) is 2. The first-order chi connectivity index (χ1) is 10.3. The summed E-state index contributed by atoms with van der Waals surface area (Å²) in [6, 6.07) is 9.19. The van der Waals surface area contributed by atoms with Gasteiger partial charge in [-0.05, 0) is 36.8 Å². The number of aryl methyl sites for hydroxylation is 1. The number of hydrogen-bond acceptors (Lipinski definition) is 4. The highest BCUT2D eigenvalue weighted by Gasteiger charge is 2.20. The lowest BCUT2D eigenvalue weighted by molar-refractivity contribution is 0.607. The van der Waals surface area contributed by atoms with Gasteiger partial charge in [-0.1, -0.05) is 31.2 Å². The Hall–Kier alpha value is -2.10. The Bertz CT molecular complexity index is 624. The molecule has 0 aliphatic heterocycles. The van der Waals surface area contributed by atoms with Crippen molar-refractivity contribution in [1.82, 2.24) is 9.97 Å². The van der Waals surface area contributed by atoms with E-state index in [0.29, 0.717) is 6.04 Å². The van der Waals surface area contributed by atoms with Crippen LogP contribution in [0.4, 0.5) is 11.6 Å². The maximum Gasteiger partial charge on any atom is 0.134 e. The topological polar surface area (TPSA) is 49.8 Å². The van der Waals surface area contributed by atoms with Gasteiger partial charge in [0.15, 0.2) is 0 Å². The summed E-state index contributed by atoms with van der Waals surface area (Å²) in [5, 5.41) is 6.77. The number of nitrogens with zero attached hydrogens (tertiary/aromatic N) is 2. The molecule has 0 fully saturated rings. The molecule has 0 radical (unpaired) electrons. The Balaban J connectivity index is 1.79. The molecule has 3 rings (SSSR count). The van der Waals surface area contributed by atoms with Gasteiger partial charge < -0.3 is 10.6 Å². The SMILES string of the molecule is CCc1c(NC)ncnc1NC1CCc2ccccc2C1. The number of aromatic nitrogens is 2. The monoisotopic (exact) mass is 282 g/mol. The van der Waals surface area contributed by atoms with Gasteiger partial charge in [0.05, 0.1) is 0 Å². The van der Waals surface area contributed by atoms with Gasteiger partial charge in [-0.3, -0.25) is 0 Å². The summed E-state index contributed by atoms with van der Waals surface area (Å²) in [6.07, 6.45) is 5.91. The van der Waals surface area contributed by atoms with Crippen molar-refractivity contribution in [2.75, 3.05) is 17.7 Å². The second-order valence-corrected chi connectivity index (χ2v) is 5.51. The Morgan fingerprint density at radius 2 is 1.90 bits per heavy atom. The fourth-order valence-electron chi connectivity index (χ4n) is 3.10. The first-order valence-electron chi connectivity index (χ1n) is 7.66. The summed E-state index contributed by atoms with van der Waals surface area (Å²) < 4.78 is 0. The molecular weight excluding hydrogens is 260 g/mol. The Morgan fingerprint density at radius 1 is 1.14 bits per heavy atom. The third-order valence-corrected chi connectivity index (χ3v) is 4.22. The molecule has 2 N–H and O–H groups in total. The zero-order valence-corrected chi connectivity index (χ0v) is 12.7. The van der Waals surface area contributed by atoms with Crippen molar-refractivity contribution in [2.45, 2.75) is 38.6 Å². The molecule has 110 valence electrons. The Labute approximate surface area is 126 Å². The van der Waals surface area contributed by atoms with Crippen molar-refractivity contribution < 1.29 is 0 Å². The summed E-state index contributed by atoms with van der Waals surface area (Å²) in [4.78, 5) is 8.74. The molecule has 21 heavy (non-hydrogen) atoms. The molecule has 1 aromatic heterocycles. The summed E-state index contributed by atoms with van der Waals surface area (Å²) in [6.45, 7) is 2.14. The summed E-state index contributed by atoms with van der Waals surface area (Å²) in [5.41, 5.74) is 4.12. The van der Waals surface area contributed by atoms with Crippen LogP contribution in [0, 0.1) is 0 Å². The lowest BCUT2D eigenvalue weighted by Gasteiger charge is -2.27. The largest absolute Gasteiger partial charge is 0.373 e. The average Bonchev–Trinajstić information content (AvgIpc) is 2.54. The molecule has 1 aliphatic carbocycles. The molecular formula is C17H22N4. The second kappa shape index (κ2) is 6.12. The average molecular weight is 282 g/mol. The molecule has 1 aromatic carbocycles. The van der Waals surface area contributed by atoms with E-state index in [1.807, 2.05) is 7.05 Å². The van der Waals surface area contributed by atoms with Crippen molar-refractivity contribution in [1.29, 1.82) is 0 Å². The molecule has 0 saturated carbocycles. The van der Waals surface area contributed by atoms with Gasteiger partial charge in [0.1, 0.15) is 18.0 Å². The first kappa shape index (κ1) is 13.9. The molecule has 0 spiro atoms. The van der Waals surface area contributed by atoms with E-state index < -0.39 is 0 Å². The van der Waals surface area contributed by atoms with Crippen molar-refractivity contribution in [3.05, 3.63) is 47.3 Å². The van der Waals surface area contributed by atoms with Crippen LogP contribution in [-0.4, -0.2) is 23.1 Å². The predicted molar refractivity (Wildman–Crippen MR) is 86.8 cm³/mol. The molecule has 0 bridgehead atoms. The van der Waals surface area contributed by atoms with Crippen LogP contribution in [0.3, 0.4) is 0 Å². The van der Waals surface area contributed by atoms with Gasteiger partial charge >= 0.3 is 0 Å². The molecule has 1 unspecified atom stereocenters. The van der Waals surface area contributed by atoms with Crippen LogP contribution in [-0.2, 0) is 19.3 Å². The van der Waals surface area contributed by atoms with Gasteiger partial charge in [-0.2, -0.15) is 0 Å². The van der Waals surface area contributed by atoms with E-state index in [0.717, 1.165) is 37.3 Å². The smallest absolute Gasteiger partial charge is 0.134 e. The molecule has 0 saturated heterocycles. The molecule has 1 heterocycles. The lowest BCUT2D eigenvalue weighted by Crippen LogP contribution is -2.28. The van der Waals surface area contributed by atoms with E-state index in [4.69, 9.17) is 0 Å². The molecule has 1 aliphatic rings. The lowest BCUT2D eigenvalue weighted by atomic mass is 9.88. The van der Waals surface area contributed by atoms with Crippen LogP contribution in [0.1, 0.15) is 30.0 Å². The number of benzene rings is 1.